The summed E-state index contributed by atoms with van der Waals surface area (Å²) in [5.74, 6) is 0. The van der Waals surface area contributed by atoms with Gasteiger partial charge in [0.25, 0.3) is 10.0 Å². The van der Waals surface area contributed by atoms with Crippen molar-refractivity contribution in [1.29, 1.82) is 0 Å². The second-order valence-electron chi connectivity index (χ2n) is 3.55. The van der Waals surface area contributed by atoms with Crippen LogP contribution in [0, 0.1) is 6.92 Å². The van der Waals surface area contributed by atoms with E-state index < -0.39 is 10.0 Å². The molecule has 7 heteroatoms. The Hall–Kier alpha value is -0.760. The predicted octanol–water partition coefficient (Wildman–Crippen LogP) is 2.33. The van der Waals surface area contributed by atoms with Crippen LogP contribution in [0.5, 0.6) is 0 Å². The highest BCUT2D eigenvalue weighted by molar-refractivity contribution is 7.91. The molecule has 0 amide bonds. The number of thiophene rings is 1. The van der Waals surface area contributed by atoms with E-state index in [0.29, 0.717) is 10.8 Å². The molecule has 0 atom stereocenters. The molecule has 0 aromatic carbocycles. The quantitative estimate of drug-likeness (QED) is 0.867. The van der Waals surface area contributed by atoms with Gasteiger partial charge in [-0.25, -0.2) is 13.4 Å². The molecular weight excluding hydrogens is 276 g/mol. The normalized spacial score (nSPS) is 12.2. The number of aryl methyl sites for hydroxylation is 1. The Labute approximate surface area is 109 Å². The van der Waals surface area contributed by atoms with Crippen molar-refractivity contribution in [3.63, 3.8) is 0 Å². The van der Waals surface area contributed by atoms with E-state index >= 15 is 0 Å². The first kappa shape index (κ1) is 12.7. The van der Waals surface area contributed by atoms with Crippen LogP contribution in [0.15, 0.2) is 27.1 Å². The molecule has 0 fully saturated rings. The highest BCUT2D eigenvalue weighted by Gasteiger charge is 2.22. The van der Waals surface area contributed by atoms with Gasteiger partial charge in [-0.2, -0.15) is 4.31 Å². The van der Waals surface area contributed by atoms with Gasteiger partial charge in [-0.05, 0) is 18.4 Å². The summed E-state index contributed by atoms with van der Waals surface area (Å²) in [6, 6.07) is 3.35. The van der Waals surface area contributed by atoms with Crippen molar-refractivity contribution in [1.82, 2.24) is 9.29 Å². The van der Waals surface area contributed by atoms with Crippen LogP contribution in [0.1, 0.15) is 10.7 Å². The Morgan fingerprint density at radius 3 is 2.71 bits per heavy atom. The second-order valence-corrected chi connectivity index (χ2v) is 7.83. The van der Waals surface area contributed by atoms with Crippen molar-refractivity contribution in [2.24, 2.45) is 0 Å². The maximum atomic E-state index is 12.1. The lowest BCUT2D eigenvalue weighted by Crippen LogP contribution is -2.25. The zero-order valence-corrected chi connectivity index (χ0v) is 11.9. The lowest BCUT2D eigenvalue weighted by molar-refractivity contribution is 0.464. The highest BCUT2D eigenvalue weighted by Crippen LogP contribution is 2.21. The van der Waals surface area contributed by atoms with Gasteiger partial charge in [-0.1, -0.05) is 6.07 Å². The minimum atomic E-state index is -3.37. The molecule has 2 aromatic rings. The van der Waals surface area contributed by atoms with Gasteiger partial charge < -0.3 is 0 Å². The van der Waals surface area contributed by atoms with E-state index in [0.717, 1.165) is 10.7 Å². The number of hydrogen-bond donors (Lipinski definition) is 0. The number of rotatable bonds is 4. The molecule has 0 N–H and O–H groups in total. The van der Waals surface area contributed by atoms with Crippen LogP contribution in [0.4, 0.5) is 0 Å². The van der Waals surface area contributed by atoms with E-state index in [2.05, 4.69) is 4.98 Å². The largest absolute Gasteiger partial charge is 0.252 e. The van der Waals surface area contributed by atoms with Crippen molar-refractivity contribution < 1.29 is 8.42 Å². The Kier molecular flexibility index (Phi) is 3.62. The van der Waals surface area contributed by atoms with E-state index in [1.807, 2.05) is 12.3 Å². The molecule has 0 unspecified atom stereocenters. The maximum Gasteiger partial charge on any atom is 0.252 e. The van der Waals surface area contributed by atoms with E-state index in [1.54, 1.807) is 24.6 Å². The molecule has 4 nitrogen and oxygen atoms in total. The molecule has 2 heterocycles. The molecule has 0 aliphatic heterocycles. The van der Waals surface area contributed by atoms with Crippen LogP contribution in [-0.2, 0) is 16.6 Å². The minimum Gasteiger partial charge on any atom is -0.245 e. The summed E-state index contributed by atoms with van der Waals surface area (Å²) in [6.45, 7) is 2.21. The summed E-state index contributed by atoms with van der Waals surface area (Å²) in [4.78, 5) is 4.26. The molecule has 0 spiro atoms. The number of aromatic nitrogens is 1. The third kappa shape index (κ3) is 2.74. The van der Waals surface area contributed by atoms with Gasteiger partial charge >= 0.3 is 0 Å². The zero-order valence-electron chi connectivity index (χ0n) is 9.45. The fourth-order valence-corrected chi connectivity index (χ4v) is 4.30. The summed E-state index contributed by atoms with van der Waals surface area (Å²) in [5, 5.41) is 4.59. The molecule has 0 aliphatic rings. The Bertz CT molecular complexity index is 587. The molecule has 0 saturated heterocycles. The van der Waals surface area contributed by atoms with Gasteiger partial charge in [0.2, 0.25) is 0 Å². The summed E-state index contributed by atoms with van der Waals surface area (Å²) < 4.78 is 25.9. The monoisotopic (exact) mass is 288 g/mol. The maximum absolute atomic E-state index is 12.1. The van der Waals surface area contributed by atoms with Gasteiger partial charge in [0.05, 0.1) is 17.2 Å². The SMILES string of the molecule is Cc1nc(CN(C)S(=O)(=O)c2cccs2)cs1. The number of nitrogens with zero attached hydrogens (tertiary/aromatic N) is 2. The van der Waals surface area contributed by atoms with Crippen molar-refractivity contribution in [2.75, 3.05) is 7.05 Å². The van der Waals surface area contributed by atoms with E-state index in [9.17, 15) is 8.42 Å². The van der Waals surface area contributed by atoms with E-state index in [1.165, 1.54) is 27.0 Å². The highest BCUT2D eigenvalue weighted by atomic mass is 32.2. The zero-order chi connectivity index (χ0) is 12.5. The van der Waals surface area contributed by atoms with E-state index in [-0.39, 0.29) is 0 Å². The molecule has 2 aromatic heterocycles. The Morgan fingerprint density at radius 1 is 1.41 bits per heavy atom. The fraction of sp³-hybridized carbons (Fsp3) is 0.300. The van der Waals surface area contributed by atoms with Crippen LogP contribution in [0.3, 0.4) is 0 Å². The molecule has 17 heavy (non-hydrogen) atoms. The van der Waals surface area contributed by atoms with Crippen LogP contribution in [-0.4, -0.2) is 24.8 Å². The topological polar surface area (TPSA) is 50.3 Å². The van der Waals surface area contributed by atoms with Gasteiger partial charge in [0, 0.05) is 12.4 Å². The second kappa shape index (κ2) is 4.85. The van der Waals surface area contributed by atoms with Gasteiger partial charge in [0.1, 0.15) is 4.21 Å². The lowest BCUT2D eigenvalue weighted by Gasteiger charge is -2.14. The molecule has 0 aliphatic carbocycles. The van der Waals surface area contributed by atoms with Crippen molar-refractivity contribution >= 4 is 32.7 Å². The van der Waals surface area contributed by atoms with E-state index in [4.69, 9.17) is 0 Å². The molecular formula is C10H12N2O2S3. The first-order valence-electron chi connectivity index (χ1n) is 4.91. The standard InChI is InChI=1S/C10H12N2O2S3/c1-8-11-9(7-16-8)6-12(2)17(13,14)10-4-3-5-15-10/h3-5,7H,6H2,1-2H3. The molecule has 0 radical (unpaired) electrons. The average Bonchev–Trinajstić information content (AvgIpc) is 2.89. The number of hydrogen-bond acceptors (Lipinski definition) is 5. The number of sulfonamides is 1. The van der Waals surface area contributed by atoms with Crippen LogP contribution in [0.2, 0.25) is 0 Å². The van der Waals surface area contributed by atoms with Crippen LogP contribution in [0.25, 0.3) is 0 Å². The Morgan fingerprint density at radius 2 is 2.18 bits per heavy atom. The first-order valence-corrected chi connectivity index (χ1v) is 8.11. The molecule has 2 rings (SSSR count). The summed E-state index contributed by atoms with van der Waals surface area (Å²) in [7, 11) is -1.79. The third-order valence-electron chi connectivity index (χ3n) is 2.21. The van der Waals surface area contributed by atoms with Crippen LogP contribution >= 0.6 is 22.7 Å². The molecule has 92 valence electrons. The average molecular weight is 288 g/mol. The van der Waals surface area contributed by atoms with Crippen molar-refractivity contribution in [3.05, 3.63) is 33.6 Å². The molecule has 0 saturated carbocycles. The van der Waals surface area contributed by atoms with Gasteiger partial charge in [-0.3, -0.25) is 0 Å². The number of thiazole rings is 1. The minimum absolute atomic E-state index is 0.310. The molecule has 0 bridgehead atoms. The fourth-order valence-electron chi connectivity index (χ4n) is 1.36. The van der Waals surface area contributed by atoms with Gasteiger partial charge in [-0.15, -0.1) is 22.7 Å². The smallest absolute Gasteiger partial charge is 0.245 e. The summed E-state index contributed by atoms with van der Waals surface area (Å²) >= 11 is 2.75. The predicted molar refractivity (Wildman–Crippen MR) is 69.8 cm³/mol. The Balaban J connectivity index is 2.18. The van der Waals surface area contributed by atoms with Crippen molar-refractivity contribution in [3.8, 4) is 0 Å². The first-order chi connectivity index (χ1) is 8.00. The van der Waals surface area contributed by atoms with Crippen LogP contribution < -0.4 is 0 Å². The summed E-state index contributed by atoms with van der Waals surface area (Å²) in [5.41, 5.74) is 0.787. The van der Waals surface area contributed by atoms with Gasteiger partial charge in [0.15, 0.2) is 0 Å². The summed E-state index contributed by atoms with van der Waals surface area (Å²) in [6.07, 6.45) is 0. The van der Waals surface area contributed by atoms with Crippen molar-refractivity contribution in [2.45, 2.75) is 17.7 Å². The lowest BCUT2D eigenvalue weighted by atomic mass is 10.5. The third-order valence-corrected chi connectivity index (χ3v) is 6.21.